The van der Waals surface area contributed by atoms with Crippen LogP contribution in [0.1, 0.15) is 26.6 Å². The van der Waals surface area contributed by atoms with Crippen LogP contribution in [-0.4, -0.2) is 27.1 Å². The normalized spacial score (nSPS) is 12.5. The molecule has 1 aromatic carbocycles. The van der Waals surface area contributed by atoms with Crippen LogP contribution in [0.15, 0.2) is 48.8 Å². The van der Waals surface area contributed by atoms with E-state index in [1.807, 2.05) is 53.9 Å². The maximum atomic E-state index is 12.5. The van der Waals surface area contributed by atoms with Crippen LogP contribution in [0.5, 0.6) is 11.5 Å². The minimum atomic E-state index is -0.271. The number of aryl methyl sites for hydroxylation is 1. The standard InChI is InChI=1S/C20H16N4O3S/c1-12-17(9-13-5-6-15-16(8-13)27-11-26-15)28-20(21-12)23-19(25)14-10-24-7-3-2-4-18(24)22-14/h2-8,10H,9,11H2,1H3,(H,21,23,25). The summed E-state index contributed by atoms with van der Waals surface area (Å²) in [5.41, 5.74) is 3.09. The average Bonchev–Trinajstić information content (AvgIpc) is 3.40. The summed E-state index contributed by atoms with van der Waals surface area (Å²) < 4.78 is 12.6. The maximum absolute atomic E-state index is 12.5. The highest BCUT2D eigenvalue weighted by Gasteiger charge is 2.17. The van der Waals surface area contributed by atoms with Crippen molar-refractivity contribution in [3.63, 3.8) is 0 Å². The summed E-state index contributed by atoms with van der Waals surface area (Å²) in [6.45, 7) is 2.21. The number of hydrogen-bond donors (Lipinski definition) is 1. The van der Waals surface area contributed by atoms with Crippen LogP contribution in [0.2, 0.25) is 0 Å². The first-order valence-electron chi connectivity index (χ1n) is 8.75. The number of nitrogens with one attached hydrogen (secondary N) is 1. The first-order chi connectivity index (χ1) is 13.7. The summed E-state index contributed by atoms with van der Waals surface area (Å²) in [6.07, 6.45) is 4.28. The van der Waals surface area contributed by atoms with Gasteiger partial charge in [-0.25, -0.2) is 9.97 Å². The molecule has 140 valence electrons. The van der Waals surface area contributed by atoms with Crippen molar-refractivity contribution < 1.29 is 14.3 Å². The number of fused-ring (bicyclic) bond motifs is 2. The smallest absolute Gasteiger partial charge is 0.277 e. The van der Waals surface area contributed by atoms with Crippen molar-refractivity contribution in [3.05, 3.63) is 70.6 Å². The first kappa shape index (κ1) is 16.8. The number of thiazole rings is 1. The summed E-state index contributed by atoms with van der Waals surface area (Å²) in [7, 11) is 0. The predicted octanol–water partition coefficient (Wildman–Crippen LogP) is 3.67. The molecular weight excluding hydrogens is 376 g/mol. The van der Waals surface area contributed by atoms with E-state index in [1.54, 1.807) is 6.20 Å². The van der Waals surface area contributed by atoms with Crippen molar-refractivity contribution in [1.29, 1.82) is 0 Å². The third-order valence-corrected chi connectivity index (χ3v) is 5.58. The number of hydrogen-bond acceptors (Lipinski definition) is 6. The number of carbonyl (C=O) groups excluding carboxylic acids is 1. The number of rotatable bonds is 4. The maximum Gasteiger partial charge on any atom is 0.277 e. The van der Waals surface area contributed by atoms with Gasteiger partial charge in [-0.3, -0.25) is 10.1 Å². The molecule has 1 aliphatic rings. The number of benzene rings is 1. The van der Waals surface area contributed by atoms with Crippen molar-refractivity contribution >= 4 is 28.0 Å². The molecule has 0 radical (unpaired) electrons. The van der Waals surface area contributed by atoms with Crippen molar-refractivity contribution in [1.82, 2.24) is 14.4 Å². The second-order valence-electron chi connectivity index (χ2n) is 6.44. The second kappa shape index (κ2) is 6.65. The number of aromatic nitrogens is 3. The molecule has 0 aliphatic carbocycles. The fourth-order valence-corrected chi connectivity index (χ4v) is 4.08. The van der Waals surface area contributed by atoms with E-state index in [0.717, 1.165) is 33.3 Å². The Morgan fingerprint density at radius 2 is 2.11 bits per heavy atom. The molecule has 28 heavy (non-hydrogen) atoms. The molecule has 4 heterocycles. The Morgan fingerprint density at radius 1 is 1.21 bits per heavy atom. The molecule has 0 saturated heterocycles. The van der Waals surface area contributed by atoms with Crippen LogP contribution < -0.4 is 14.8 Å². The van der Waals surface area contributed by atoms with Crippen molar-refractivity contribution in [3.8, 4) is 11.5 Å². The van der Waals surface area contributed by atoms with E-state index >= 15 is 0 Å². The summed E-state index contributed by atoms with van der Waals surface area (Å²) >= 11 is 1.47. The number of carbonyl (C=O) groups is 1. The molecule has 4 aromatic rings. The molecule has 7 nitrogen and oxygen atoms in total. The Balaban J connectivity index is 1.33. The van der Waals surface area contributed by atoms with Crippen molar-refractivity contribution in [2.45, 2.75) is 13.3 Å². The monoisotopic (exact) mass is 392 g/mol. The van der Waals surface area contributed by atoms with Gasteiger partial charge in [-0.05, 0) is 36.8 Å². The van der Waals surface area contributed by atoms with Gasteiger partial charge < -0.3 is 13.9 Å². The Morgan fingerprint density at radius 3 is 3.00 bits per heavy atom. The van der Waals surface area contributed by atoms with E-state index < -0.39 is 0 Å². The highest BCUT2D eigenvalue weighted by atomic mass is 32.1. The molecule has 1 N–H and O–H groups in total. The lowest BCUT2D eigenvalue weighted by Gasteiger charge is -2.02. The van der Waals surface area contributed by atoms with Gasteiger partial charge in [0.1, 0.15) is 11.3 Å². The second-order valence-corrected chi connectivity index (χ2v) is 7.52. The van der Waals surface area contributed by atoms with Crippen molar-refractivity contribution in [2.24, 2.45) is 0 Å². The molecule has 0 saturated carbocycles. The first-order valence-corrected chi connectivity index (χ1v) is 9.57. The van der Waals surface area contributed by atoms with Crippen LogP contribution in [0.3, 0.4) is 0 Å². The fourth-order valence-electron chi connectivity index (χ4n) is 3.09. The Kier molecular flexibility index (Phi) is 3.98. The molecule has 5 rings (SSSR count). The summed E-state index contributed by atoms with van der Waals surface area (Å²) in [6, 6.07) is 11.5. The summed E-state index contributed by atoms with van der Waals surface area (Å²) in [5, 5.41) is 3.42. The van der Waals surface area contributed by atoms with Gasteiger partial charge in [0.05, 0.1) is 5.69 Å². The minimum absolute atomic E-state index is 0.262. The molecule has 1 aliphatic heterocycles. The third kappa shape index (κ3) is 3.07. The van der Waals surface area contributed by atoms with Crippen LogP contribution in [0, 0.1) is 6.92 Å². The lowest BCUT2D eigenvalue weighted by atomic mass is 10.1. The van der Waals surface area contributed by atoms with Gasteiger partial charge in [-0.1, -0.05) is 12.1 Å². The van der Waals surface area contributed by atoms with E-state index in [2.05, 4.69) is 15.3 Å². The number of ether oxygens (including phenoxy) is 2. The third-order valence-electron chi connectivity index (χ3n) is 4.51. The lowest BCUT2D eigenvalue weighted by Crippen LogP contribution is -2.12. The number of pyridine rings is 1. The zero-order valence-corrected chi connectivity index (χ0v) is 15.8. The van der Waals surface area contributed by atoms with Gasteiger partial charge in [0.25, 0.3) is 5.91 Å². The van der Waals surface area contributed by atoms with E-state index in [9.17, 15) is 4.79 Å². The van der Waals surface area contributed by atoms with Gasteiger partial charge in [-0.2, -0.15) is 0 Å². The predicted molar refractivity (Wildman–Crippen MR) is 105 cm³/mol. The number of amides is 1. The number of imidazole rings is 1. The molecule has 0 unspecified atom stereocenters. The highest BCUT2D eigenvalue weighted by molar-refractivity contribution is 7.15. The summed E-state index contributed by atoms with van der Waals surface area (Å²) in [4.78, 5) is 22.5. The SMILES string of the molecule is Cc1nc(NC(=O)c2cn3ccccc3n2)sc1Cc1ccc2c(c1)OCO2. The molecule has 0 bridgehead atoms. The van der Waals surface area contributed by atoms with E-state index in [-0.39, 0.29) is 12.7 Å². The number of nitrogens with zero attached hydrogens (tertiary/aromatic N) is 3. The Hall–Kier alpha value is -3.39. The summed E-state index contributed by atoms with van der Waals surface area (Å²) in [5.74, 6) is 1.26. The number of anilines is 1. The quantitative estimate of drug-likeness (QED) is 0.573. The van der Waals surface area contributed by atoms with Gasteiger partial charge in [0.2, 0.25) is 6.79 Å². The van der Waals surface area contributed by atoms with E-state index in [4.69, 9.17) is 9.47 Å². The zero-order valence-electron chi connectivity index (χ0n) is 15.0. The average molecular weight is 392 g/mol. The molecule has 0 spiro atoms. The van der Waals surface area contributed by atoms with Crippen LogP contribution in [0.4, 0.5) is 5.13 Å². The Labute approximate surface area is 164 Å². The fraction of sp³-hybridized carbons (Fsp3) is 0.150. The molecular formula is C20H16N4O3S. The van der Waals surface area contributed by atoms with E-state index in [1.165, 1.54) is 11.3 Å². The van der Waals surface area contributed by atoms with Gasteiger partial charge in [0.15, 0.2) is 16.6 Å². The molecule has 0 fully saturated rings. The van der Waals surface area contributed by atoms with E-state index in [0.29, 0.717) is 17.2 Å². The minimum Gasteiger partial charge on any atom is -0.454 e. The molecule has 3 aromatic heterocycles. The van der Waals surface area contributed by atoms with Gasteiger partial charge >= 0.3 is 0 Å². The van der Waals surface area contributed by atoms with Gasteiger partial charge in [-0.15, -0.1) is 11.3 Å². The molecule has 1 amide bonds. The van der Waals surface area contributed by atoms with Gasteiger partial charge in [0, 0.05) is 23.7 Å². The Bertz CT molecular complexity index is 1160. The molecule has 8 heteroatoms. The largest absolute Gasteiger partial charge is 0.454 e. The van der Waals surface area contributed by atoms with Crippen LogP contribution in [-0.2, 0) is 6.42 Å². The van der Waals surface area contributed by atoms with Crippen molar-refractivity contribution in [2.75, 3.05) is 12.1 Å². The molecule has 0 atom stereocenters. The van der Waals surface area contributed by atoms with Crippen LogP contribution >= 0.6 is 11.3 Å². The highest BCUT2D eigenvalue weighted by Crippen LogP contribution is 2.34. The lowest BCUT2D eigenvalue weighted by molar-refractivity contribution is 0.102. The zero-order chi connectivity index (χ0) is 19.1. The van der Waals surface area contributed by atoms with Crippen LogP contribution in [0.25, 0.3) is 5.65 Å². The topological polar surface area (TPSA) is 77.8 Å².